The topological polar surface area (TPSA) is 51.1 Å². The van der Waals surface area contributed by atoms with Crippen LogP contribution in [-0.4, -0.2) is 24.8 Å². The fourth-order valence-electron chi connectivity index (χ4n) is 3.69. The maximum atomic E-state index is 13.6. The molecule has 0 saturated heterocycles. The second-order valence-electron chi connectivity index (χ2n) is 7.89. The molecule has 1 amide bonds. The Balaban J connectivity index is 1.82. The highest BCUT2D eigenvalue weighted by atomic mass is 79.9. The van der Waals surface area contributed by atoms with E-state index in [1.54, 1.807) is 48.6 Å². The number of anilines is 1. The number of carbonyl (C=O) groups is 1. The highest BCUT2D eigenvalue weighted by Gasteiger charge is 2.35. The third kappa shape index (κ3) is 5.77. The highest BCUT2D eigenvalue weighted by molar-refractivity contribution is 9.10. The summed E-state index contributed by atoms with van der Waals surface area (Å²) in [7, 11) is 0. The molecule has 0 radical (unpaired) electrons. The number of benzene rings is 3. The van der Waals surface area contributed by atoms with Gasteiger partial charge in [-0.15, -0.1) is 0 Å². The van der Waals surface area contributed by atoms with Crippen molar-refractivity contribution in [3.05, 3.63) is 106 Å². The van der Waals surface area contributed by atoms with Crippen molar-refractivity contribution in [3.63, 3.8) is 0 Å². The molecule has 0 atom stereocenters. The van der Waals surface area contributed by atoms with Gasteiger partial charge in [0.25, 0.3) is 5.91 Å². The van der Waals surface area contributed by atoms with E-state index < -0.39 is 17.6 Å². The van der Waals surface area contributed by atoms with Gasteiger partial charge in [0.15, 0.2) is 11.5 Å². The molecule has 3 aromatic carbocycles. The lowest BCUT2D eigenvalue weighted by molar-refractivity contribution is -0.137. The van der Waals surface area contributed by atoms with Gasteiger partial charge in [-0.1, -0.05) is 65.0 Å². The second kappa shape index (κ2) is 11.0. The molecule has 5 nitrogen and oxygen atoms in total. The molecule has 0 fully saturated rings. The van der Waals surface area contributed by atoms with Crippen LogP contribution in [0.15, 0.2) is 94.5 Å². The zero-order valence-electron chi connectivity index (χ0n) is 19.8. The van der Waals surface area contributed by atoms with Crippen LogP contribution in [0.4, 0.5) is 18.9 Å². The summed E-state index contributed by atoms with van der Waals surface area (Å²) in [6, 6.07) is 16.9. The van der Waals surface area contributed by atoms with Gasteiger partial charge in [-0.2, -0.15) is 23.3 Å². The van der Waals surface area contributed by atoms with Gasteiger partial charge in [0, 0.05) is 10.0 Å². The number of amides is 1. The predicted octanol–water partition coefficient (Wildman–Crippen LogP) is 7.27. The third-order valence-corrected chi connectivity index (χ3v) is 6.05. The van der Waals surface area contributed by atoms with Crippen molar-refractivity contribution in [2.45, 2.75) is 13.1 Å². The van der Waals surface area contributed by atoms with Crippen molar-refractivity contribution < 1.29 is 27.4 Å². The first-order valence-electron chi connectivity index (χ1n) is 11.3. The van der Waals surface area contributed by atoms with Crippen LogP contribution in [0.25, 0.3) is 6.08 Å². The largest absolute Gasteiger partial charge is 0.490 e. The standard InChI is InChI=1S/C28H22BrF3N2O3/c1-3-13-37-25-17-23(29)19(15-24(25)36-4-2)14-22-26(18-9-6-5-7-10-18)33-34(27(22)35)21-12-8-11-20(16-21)28(30,31)32/h3,5-12,14-17H,1,4,13H2,2H3. The molecule has 3 aromatic rings. The SMILES string of the molecule is C=CCOc1cc(Br)c(C=C2C(=O)N(c3cccc(C(F)(F)F)c3)N=C2c2ccccc2)cc1OCC. The van der Waals surface area contributed by atoms with Gasteiger partial charge in [-0.3, -0.25) is 4.79 Å². The van der Waals surface area contributed by atoms with E-state index >= 15 is 0 Å². The van der Waals surface area contributed by atoms with Crippen molar-refractivity contribution in [2.24, 2.45) is 5.10 Å². The van der Waals surface area contributed by atoms with E-state index in [0.717, 1.165) is 17.1 Å². The Bertz CT molecular complexity index is 1390. The Morgan fingerprint density at radius 2 is 1.76 bits per heavy atom. The Morgan fingerprint density at radius 1 is 1.03 bits per heavy atom. The van der Waals surface area contributed by atoms with Crippen molar-refractivity contribution in [1.82, 2.24) is 0 Å². The summed E-state index contributed by atoms with van der Waals surface area (Å²) >= 11 is 3.52. The number of hydrogen-bond acceptors (Lipinski definition) is 4. The molecule has 0 saturated carbocycles. The molecule has 9 heteroatoms. The number of ether oxygens (including phenoxy) is 2. The molecule has 0 N–H and O–H groups in total. The first kappa shape index (κ1) is 26.2. The lowest BCUT2D eigenvalue weighted by Gasteiger charge is -2.15. The minimum absolute atomic E-state index is 0.0129. The highest BCUT2D eigenvalue weighted by Crippen LogP contribution is 2.37. The first-order valence-corrected chi connectivity index (χ1v) is 12.1. The Labute approximate surface area is 220 Å². The predicted molar refractivity (Wildman–Crippen MR) is 141 cm³/mol. The molecule has 0 bridgehead atoms. The number of rotatable bonds is 8. The fourth-order valence-corrected chi connectivity index (χ4v) is 4.13. The molecule has 0 aromatic heterocycles. The van der Waals surface area contributed by atoms with Crippen molar-refractivity contribution in [3.8, 4) is 11.5 Å². The first-order chi connectivity index (χ1) is 17.7. The minimum atomic E-state index is -4.56. The summed E-state index contributed by atoms with van der Waals surface area (Å²) in [5, 5.41) is 5.43. The van der Waals surface area contributed by atoms with Gasteiger partial charge < -0.3 is 9.47 Å². The maximum absolute atomic E-state index is 13.6. The summed E-state index contributed by atoms with van der Waals surface area (Å²) in [4.78, 5) is 13.6. The van der Waals surface area contributed by atoms with E-state index in [0.29, 0.717) is 39.4 Å². The van der Waals surface area contributed by atoms with Gasteiger partial charge in [-0.05, 0) is 48.9 Å². The second-order valence-corrected chi connectivity index (χ2v) is 8.75. The molecular formula is C28H22BrF3N2O3. The third-order valence-electron chi connectivity index (χ3n) is 5.36. The number of halogens is 4. The Hall–Kier alpha value is -3.85. The molecule has 4 rings (SSSR count). The van der Waals surface area contributed by atoms with Crippen LogP contribution in [0.2, 0.25) is 0 Å². The van der Waals surface area contributed by atoms with Crippen LogP contribution in [0.5, 0.6) is 11.5 Å². The van der Waals surface area contributed by atoms with Crippen molar-refractivity contribution in [2.75, 3.05) is 18.2 Å². The van der Waals surface area contributed by atoms with Gasteiger partial charge >= 0.3 is 6.18 Å². The smallest absolute Gasteiger partial charge is 0.416 e. The van der Waals surface area contributed by atoms with Gasteiger partial charge in [0.05, 0.1) is 23.4 Å². The zero-order valence-corrected chi connectivity index (χ0v) is 21.3. The fraction of sp³-hybridized carbons (Fsp3) is 0.143. The summed E-state index contributed by atoms with van der Waals surface area (Å²) < 4.78 is 52.0. The van der Waals surface area contributed by atoms with E-state index in [9.17, 15) is 18.0 Å². The average Bonchev–Trinajstić information content (AvgIpc) is 3.21. The van der Waals surface area contributed by atoms with Crippen LogP contribution < -0.4 is 14.5 Å². The monoisotopic (exact) mass is 570 g/mol. The lowest BCUT2D eigenvalue weighted by Crippen LogP contribution is -2.22. The maximum Gasteiger partial charge on any atom is 0.416 e. The summed E-state index contributed by atoms with van der Waals surface area (Å²) in [5.41, 5.74) is 0.937. The molecule has 1 aliphatic rings. The quantitative estimate of drug-likeness (QED) is 0.211. The van der Waals surface area contributed by atoms with E-state index in [1.165, 1.54) is 12.1 Å². The van der Waals surface area contributed by atoms with Gasteiger partial charge in [0.1, 0.15) is 12.3 Å². The molecule has 0 aliphatic carbocycles. The van der Waals surface area contributed by atoms with Crippen LogP contribution >= 0.6 is 15.9 Å². The molecule has 0 spiro atoms. The number of nitrogens with zero attached hydrogens (tertiary/aromatic N) is 2. The summed E-state index contributed by atoms with van der Waals surface area (Å²) in [6.45, 7) is 6.16. The summed E-state index contributed by atoms with van der Waals surface area (Å²) in [5.74, 6) is 0.406. The van der Waals surface area contributed by atoms with E-state index in [-0.39, 0.29) is 17.9 Å². The van der Waals surface area contributed by atoms with Crippen LogP contribution in [0, 0.1) is 0 Å². The lowest BCUT2D eigenvalue weighted by atomic mass is 10.00. The molecule has 0 unspecified atom stereocenters. The van der Waals surface area contributed by atoms with Crippen molar-refractivity contribution in [1.29, 1.82) is 0 Å². The van der Waals surface area contributed by atoms with E-state index in [1.807, 2.05) is 13.0 Å². The van der Waals surface area contributed by atoms with Crippen LogP contribution in [0.3, 0.4) is 0 Å². The van der Waals surface area contributed by atoms with Gasteiger partial charge in [0.2, 0.25) is 0 Å². The van der Waals surface area contributed by atoms with Crippen LogP contribution in [0.1, 0.15) is 23.6 Å². The number of carbonyl (C=O) groups excluding carboxylic acids is 1. The molecule has 37 heavy (non-hydrogen) atoms. The van der Waals surface area contributed by atoms with E-state index in [2.05, 4.69) is 27.6 Å². The minimum Gasteiger partial charge on any atom is -0.490 e. The molecule has 190 valence electrons. The number of hydrogen-bond donors (Lipinski definition) is 0. The molecule has 1 aliphatic heterocycles. The Morgan fingerprint density at radius 3 is 2.43 bits per heavy atom. The summed E-state index contributed by atoms with van der Waals surface area (Å²) in [6.07, 6.45) is -1.31. The number of hydrazone groups is 1. The molecular weight excluding hydrogens is 549 g/mol. The van der Waals surface area contributed by atoms with Crippen molar-refractivity contribution >= 4 is 39.3 Å². The molecule has 1 heterocycles. The van der Waals surface area contributed by atoms with Gasteiger partial charge in [-0.25, -0.2) is 0 Å². The zero-order chi connectivity index (χ0) is 26.6. The van der Waals surface area contributed by atoms with Crippen LogP contribution in [-0.2, 0) is 11.0 Å². The van der Waals surface area contributed by atoms with E-state index in [4.69, 9.17) is 9.47 Å². The average molecular weight is 571 g/mol. The number of alkyl halides is 3. The normalized spacial score (nSPS) is 14.6. The Kier molecular flexibility index (Phi) is 7.83.